The molecule has 1 aliphatic carbocycles. The summed E-state index contributed by atoms with van der Waals surface area (Å²) in [4.78, 5) is 25.3. The predicted molar refractivity (Wildman–Crippen MR) is 116 cm³/mol. The Bertz CT molecular complexity index is 1350. The monoisotopic (exact) mass is 415 g/mol. The van der Waals surface area contributed by atoms with Gasteiger partial charge in [0, 0.05) is 11.6 Å². The first-order chi connectivity index (χ1) is 15.1. The van der Waals surface area contributed by atoms with E-state index < -0.39 is 5.91 Å². The molecule has 1 amide bonds. The Balaban J connectivity index is 1.44. The van der Waals surface area contributed by atoms with E-state index >= 15 is 0 Å². The molecule has 0 radical (unpaired) electrons. The van der Waals surface area contributed by atoms with E-state index in [0.29, 0.717) is 16.7 Å². The summed E-state index contributed by atoms with van der Waals surface area (Å²) < 4.78 is 10.6. The highest BCUT2D eigenvalue weighted by molar-refractivity contribution is 6.04. The van der Waals surface area contributed by atoms with Gasteiger partial charge in [0.15, 0.2) is 16.9 Å². The van der Waals surface area contributed by atoms with Crippen LogP contribution in [0.3, 0.4) is 0 Å². The minimum atomic E-state index is -0.589. The zero-order valence-electron chi connectivity index (χ0n) is 17.1. The quantitative estimate of drug-likeness (QED) is 0.526. The molecule has 2 heterocycles. The van der Waals surface area contributed by atoms with Crippen molar-refractivity contribution in [2.45, 2.75) is 39.0 Å². The molecule has 0 saturated carbocycles. The van der Waals surface area contributed by atoms with Crippen LogP contribution in [0.2, 0.25) is 0 Å². The minimum Gasteiger partial charge on any atom is -0.451 e. The van der Waals surface area contributed by atoms with E-state index in [4.69, 9.17) is 9.05 Å². The first kappa shape index (κ1) is 19.2. The highest BCUT2D eigenvalue weighted by Crippen LogP contribution is 2.30. The molecule has 4 aromatic rings. The molecule has 0 fully saturated rings. The smallest absolute Gasteiger partial charge is 0.292 e. The molecule has 0 saturated heterocycles. The van der Waals surface area contributed by atoms with Crippen LogP contribution >= 0.6 is 0 Å². The lowest BCUT2D eigenvalue weighted by Gasteiger charge is -2.16. The van der Waals surface area contributed by atoms with E-state index in [2.05, 4.69) is 27.8 Å². The zero-order chi connectivity index (χ0) is 21.4. The number of benzene rings is 2. The summed E-state index contributed by atoms with van der Waals surface area (Å²) in [5.41, 5.74) is 5.03. The van der Waals surface area contributed by atoms with Crippen molar-refractivity contribution >= 4 is 22.7 Å². The van der Waals surface area contributed by atoms with Gasteiger partial charge in [-0.05, 0) is 77.3 Å². The summed E-state index contributed by atoms with van der Waals surface area (Å²) in [7, 11) is 0. The summed E-state index contributed by atoms with van der Waals surface area (Å²) in [5, 5.41) is 10.9. The van der Waals surface area contributed by atoms with E-state index in [9.17, 15) is 9.59 Å². The third-order valence-electron chi connectivity index (χ3n) is 5.77. The van der Waals surface area contributed by atoms with Gasteiger partial charge in [-0.1, -0.05) is 25.1 Å². The lowest BCUT2D eigenvalue weighted by Crippen LogP contribution is -2.15. The van der Waals surface area contributed by atoms with Gasteiger partial charge >= 0.3 is 0 Å². The summed E-state index contributed by atoms with van der Waals surface area (Å²) in [6.07, 6.45) is 5.28. The molecule has 7 nitrogen and oxygen atoms in total. The fraction of sp³-hybridized carbons (Fsp3) is 0.250. The third kappa shape index (κ3) is 3.63. The molecule has 7 heteroatoms. The summed E-state index contributed by atoms with van der Waals surface area (Å²) in [6, 6.07) is 12.7. The molecule has 2 aromatic carbocycles. The second kappa shape index (κ2) is 7.83. The van der Waals surface area contributed by atoms with E-state index in [-0.39, 0.29) is 17.0 Å². The molecule has 156 valence electrons. The average molecular weight is 415 g/mol. The van der Waals surface area contributed by atoms with Gasteiger partial charge in [-0.3, -0.25) is 14.9 Å². The molecule has 0 atom stereocenters. The van der Waals surface area contributed by atoms with Crippen LogP contribution in [0.1, 0.15) is 47.0 Å². The van der Waals surface area contributed by atoms with E-state index in [1.54, 1.807) is 12.1 Å². The first-order valence-corrected chi connectivity index (χ1v) is 10.5. The molecule has 0 unspecified atom stereocenters. The van der Waals surface area contributed by atoms with Crippen molar-refractivity contribution in [1.29, 1.82) is 0 Å². The standard InChI is InChI=1S/C24H21N3O4/c1-2-14-7-10-20-18(11-14)19(28)13-21(30-20)24(29)25-23-22(26-31-27-23)17-9-8-15-5-3-4-6-16(15)12-17/h7-13H,2-6H2,1H3,(H,25,27,29). The highest BCUT2D eigenvalue weighted by Gasteiger charge is 2.20. The highest BCUT2D eigenvalue weighted by atomic mass is 16.6. The number of carbonyl (C=O) groups is 1. The predicted octanol–water partition coefficient (Wildman–Crippen LogP) is 4.54. The van der Waals surface area contributed by atoms with E-state index in [1.807, 2.05) is 19.1 Å². The number of aromatic nitrogens is 2. The van der Waals surface area contributed by atoms with E-state index in [1.165, 1.54) is 23.6 Å². The molecule has 0 bridgehead atoms. The van der Waals surface area contributed by atoms with Gasteiger partial charge in [0.1, 0.15) is 5.58 Å². The average Bonchev–Trinajstić information content (AvgIpc) is 3.26. The Kier molecular flexibility index (Phi) is 4.86. The summed E-state index contributed by atoms with van der Waals surface area (Å²) in [5.74, 6) is -0.501. The molecule has 1 N–H and O–H groups in total. The van der Waals surface area contributed by atoms with Crippen LogP contribution in [0.15, 0.2) is 56.3 Å². The normalized spacial score (nSPS) is 13.2. The van der Waals surface area contributed by atoms with Gasteiger partial charge < -0.3 is 4.42 Å². The number of nitrogens with zero attached hydrogens (tertiary/aromatic N) is 2. The van der Waals surface area contributed by atoms with Crippen molar-refractivity contribution in [1.82, 2.24) is 10.3 Å². The number of hydrogen-bond acceptors (Lipinski definition) is 6. The van der Waals surface area contributed by atoms with Crippen molar-refractivity contribution in [3.63, 3.8) is 0 Å². The third-order valence-corrected chi connectivity index (χ3v) is 5.77. The van der Waals surface area contributed by atoms with Gasteiger partial charge in [-0.25, -0.2) is 4.63 Å². The maximum atomic E-state index is 12.8. The number of anilines is 1. The topological polar surface area (TPSA) is 98.2 Å². The SMILES string of the molecule is CCc1ccc2oc(C(=O)Nc3nonc3-c3ccc4c(c3)CCCC4)cc(=O)c2c1. The number of carbonyl (C=O) groups excluding carboxylic acids is 1. The maximum Gasteiger partial charge on any atom is 0.292 e. The largest absolute Gasteiger partial charge is 0.451 e. The Morgan fingerprint density at radius 3 is 2.71 bits per heavy atom. The fourth-order valence-corrected chi connectivity index (χ4v) is 4.05. The Labute approximate surface area is 178 Å². The number of hydrogen-bond donors (Lipinski definition) is 1. The van der Waals surface area contributed by atoms with Crippen molar-refractivity contribution < 1.29 is 13.8 Å². The zero-order valence-corrected chi connectivity index (χ0v) is 17.1. The van der Waals surface area contributed by atoms with Crippen LogP contribution in [0, 0.1) is 0 Å². The fourth-order valence-electron chi connectivity index (χ4n) is 4.05. The van der Waals surface area contributed by atoms with Gasteiger partial charge in [0.25, 0.3) is 5.91 Å². The number of aryl methyl sites for hydroxylation is 3. The minimum absolute atomic E-state index is 0.0962. The Morgan fingerprint density at radius 1 is 1.03 bits per heavy atom. The molecular weight excluding hydrogens is 394 g/mol. The molecule has 5 rings (SSSR count). The summed E-state index contributed by atoms with van der Waals surface area (Å²) in [6.45, 7) is 2.01. The lowest BCUT2D eigenvalue weighted by atomic mass is 9.90. The molecule has 31 heavy (non-hydrogen) atoms. The van der Waals surface area contributed by atoms with Crippen molar-refractivity contribution in [2.24, 2.45) is 0 Å². The number of nitrogens with one attached hydrogen (secondary N) is 1. The van der Waals surface area contributed by atoms with Crippen LogP contribution in [-0.4, -0.2) is 16.2 Å². The van der Waals surface area contributed by atoms with Crippen molar-refractivity contribution in [3.8, 4) is 11.3 Å². The second-order valence-corrected chi connectivity index (χ2v) is 7.77. The summed E-state index contributed by atoms with van der Waals surface area (Å²) >= 11 is 0. The molecule has 0 aliphatic heterocycles. The first-order valence-electron chi connectivity index (χ1n) is 10.5. The van der Waals surface area contributed by atoms with Gasteiger partial charge in [0.05, 0.1) is 5.39 Å². The Hall–Kier alpha value is -3.74. The number of fused-ring (bicyclic) bond motifs is 2. The molecule has 0 spiro atoms. The second-order valence-electron chi connectivity index (χ2n) is 7.77. The number of rotatable bonds is 4. The van der Waals surface area contributed by atoms with Crippen LogP contribution in [0.5, 0.6) is 0 Å². The Morgan fingerprint density at radius 2 is 1.87 bits per heavy atom. The van der Waals surface area contributed by atoms with Crippen molar-refractivity contribution in [2.75, 3.05) is 5.32 Å². The maximum absolute atomic E-state index is 12.8. The molecule has 2 aromatic heterocycles. The van der Waals surface area contributed by atoms with E-state index in [0.717, 1.165) is 36.8 Å². The van der Waals surface area contributed by atoms with Crippen LogP contribution in [0.4, 0.5) is 5.82 Å². The van der Waals surface area contributed by atoms with Gasteiger partial charge in [-0.2, -0.15) is 0 Å². The van der Waals surface area contributed by atoms with Gasteiger partial charge in [0.2, 0.25) is 5.82 Å². The van der Waals surface area contributed by atoms with Crippen LogP contribution in [-0.2, 0) is 19.3 Å². The van der Waals surface area contributed by atoms with Gasteiger partial charge in [-0.15, -0.1) is 0 Å². The lowest BCUT2D eigenvalue weighted by molar-refractivity contribution is 0.0996. The van der Waals surface area contributed by atoms with Crippen LogP contribution in [0.25, 0.3) is 22.2 Å². The molecule has 1 aliphatic rings. The molecular formula is C24H21N3O4. The number of amides is 1. The van der Waals surface area contributed by atoms with Crippen LogP contribution < -0.4 is 10.7 Å². The van der Waals surface area contributed by atoms with Crippen molar-refractivity contribution in [3.05, 3.63) is 75.1 Å².